The summed E-state index contributed by atoms with van der Waals surface area (Å²) in [5, 5.41) is 139. The second kappa shape index (κ2) is 22.4. The highest BCUT2D eigenvalue weighted by Gasteiger charge is 2.70. The summed E-state index contributed by atoms with van der Waals surface area (Å²) in [4.78, 5) is 28.0. The Bertz CT molecular complexity index is 2210. The van der Waals surface area contributed by atoms with Crippen molar-refractivity contribution in [1.82, 2.24) is 0 Å². The molecule has 4 aliphatic heterocycles. The van der Waals surface area contributed by atoms with Gasteiger partial charge in [-0.25, -0.2) is 4.79 Å². The largest absolute Gasteiger partial charge is 0.467 e. The Labute approximate surface area is 459 Å². The maximum absolute atomic E-state index is 14.8. The molecule has 13 N–H and O–H groups in total. The van der Waals surface area contributed by atoms with Gasteiger partial charge in [-0.1, -0.05) is 60.1 Å². The summed E-state index contributed by atoms with van der Waals surface area (Å²) < 4.78 is 53.3. The summed E-state index contributed by atoms with van der Waals surface area (Å²) in [6, 6.07) is 0. The molecule has 0 radical (unpaired) electrons. The van der Waals surface area contributed by atoms with Crippen molar-refractivity contribution >= 4 is 11.9 Å². The highest BCUT2D eigenvalue weighted by Crippen LogP contribution is 2.76. The fourth-order valence-corrected chi connectivity index (χ4v) is 16.6. The van der Waals surface area contributed by atoms with Crippen molar-refractivity contribution < 1.29 is 119 Å². The van der Waals surface area contributed by atoms with Crippen LogP contribution in [0.3, 0.4) is 0 Å². The SMILES string of the molecule is COC(=O)[C@H]1OC(O[C@H]2CC[C@@]3(C)C(CC[C@]4(C)C3CC=C3C5CC(C)(C)CC[C@]5(C(=O)OC5O[C@H](CO)[C@@H](O)[C@H](O)[C@H]5O)CC[C@]34C)C2(C)C)[C@H](OC2O[C@H](CO)[C@H](O)[C@H](O)[C@H]2O[C@@H]2O[C@H](CO)[C@@H](O)[C@H](O)[C@H]2O)[C@@H](O)[C@@H]1O. The molecule has 0 bridgehead atoms. The molecule has 0 amide bonds. The maximum atomic E-state index is 14.8. The molecule has 24 heteroatoms. The molecule has 0 aromatic carbocycles. The van der Waals surface area contributed by atoms with Crippen LogP contribution in [-0.2, 0) is 52.2 Å². The number of hydrogen-bond acceptors (Lipinski definition) is 24. The fraction of sp³-hybridized carbons (Fsp3) is 0.927. The van der Waals surface area contributed by atoms with Gasteiger partial charge in [-0.05, 0) is 109 Å². The van der Waals surface area contributed by atoms with Gasteiger partial charge in [-0.15, -0.1) is 0 Å². The fourth-order valence-electron chi connectivity index (χ4n) is 16.6. The van der Waals surface area contributed by atoms with Crippen molar-refractivity contribution in [2.24, 2.45) is 50.2 Å². The maximum Gasteiger partial charge on any atom is 0.337 e. The predicted octanol–water partition coefficient (Wildman–Crippen LogP) is -1.85. The van der Waals surface area contributed by atoms with Gasteiger partial charge in [0.1, 0.15) is 91.6 Å². The van der Waals surface area contributed by atoms with Gasteiger partial charge in [0.25, 0.3) is 0 Å². The summed E-state index contributed by atoms with van der Waals surface area (Å²) in [7, 11) is 1.08. The van der Waals surface area contributed by atoms with E-state index in [2.05, 4.69) is 54.5 Å². The first-order valence-electron chi connectivity index (χ1n) is 28.2. The van der Waals surface area contributed by atoms with Gasteiger partial charge < -0.3 is 109 Å². The Kier molecular flexibility index (Phi) is 17.4. The highest BCUT2D eigenvalue weighted by atomic mass is 16.8. The third kappa shape index (κ3) is 10.1. The second-order valence-electron chi connectivity index (χ2n) is 26.5. The minimum Gasteiger partial charge on any atom is -0.467 e. The Hall–Kier alpha value is -2.12. The molecule has 452 valence electrons. The van der Waals surface area contributed by atoms with E-state index >= 15 is 0 Å². The molecule has 0 aromatic heterocycles. The van der Waals surface area contributed by atoms with E-state index in [1.54, 1.807) is 0 Å². The van der Waals surface area contributed by atoms with Crippen molar-refractivity contribution in [1.29, 1.82) is 0 Å². The topological polar surface area (TPSA) is 380 Å². The predicted molar refractivity (Wildman–Crippen MR) is 268 cm³/mol. The third-order valence-electron chi connectivity index (χ3n) is 21.6. The Morgan fingerprint density at radius 2 is 1.08 bits per heavy atom. The number of carbonyl (C=O) groups excluding carboxylic acids is 2. The van der Waals surface area contributed by atoms with Crippen LogP contribution in [0.25, 0.3) is 0 Å². The second-order valence-corrected chi connectivity index (χ2v) is 26.5. The molecule has 9 rings (SSSR count). The van der Waals surface area contributed by atoms with E-state index in [4.69, 9.17) is 42.6 Å². The minimum atomic E-state index is -1.98. The highest BCUT2D eigenvalue weighted by molar-refractivity contribution is 5.79. The van der Waals surface area contributed by atoms with E-state index in [-0.39, 0.29) is 39.4 Å². The van der Waals surface area contributed by atoms with Crippen molar-refractivity contribution in [3.8, 4) is 0 Å². The first-order valence-corrected chi connectivity index (χ1v) is 28.2. The van der Waals surface area contributed by atoms with E-state index in [1.807, 2.05) is 0 Å². The smallest absolute Gasteiger partial charge is 0.337 e. The molecule has 5 aliphatic carbocycles. The molecule has 79 heavy (non-hydrogen) atoms. The van der Waals surface area contributed by atoms with Crippen molar-refractivity contribution in [2.75, 3.05) is 26.9 Å². The van der Waals surface area contributed by atoms with E-state index in [1.165, 1.54) is 5.57 Å². The van der Waals surface area contributed by atoms with Crippen LogP contribution in [-0.4, -0.2) is 234 Å². The Balaban J connectivity index is 0.978. The Morgan fingerprint density at radius 3 is 1.67 bits per heavy atom. The lowest BCUT2D eigenvalue weighted by atomic mass is 9.33. The minimum absolute atomic E-state index is 0.0232. The molecular formula is C55H88O24. The van der Waals surface area contributed by atoms with Crippen LogP contribution in [0.15, 0.2) is 11.6 Å². The first kappa shape index (κ1) is 61.4. The van der Waals surface area contributed by atoms with Gasteiger partial charge in [0.05, 0.1) is 38.4 Å². The zero-order valence-corrected chi connectivity index (χ0v) is 46.4. The summed E-state index contributed by atoms with van der Waals surface area (Å²) in [5.74, 6) is -1.59. The van der Waals surface area contributed by atoms with E-state index in [0.29, 0.717) is 38.5 Å². The average Bonchev–Trinajstić information content (AvgIpc) is 2.94. The van der Waals surface area contributed by atoms with Gasteiger partial charge in [0, 0.05) is 0 Å². The molecule has 4 saturated carbocycles. The number of aliphatic hydroxyl groups is 13. The van der Waals surface area contributed by atoms with Crippen LogP contribution < -0.4 is 0 Å². The lowest BCUT2D eigenvalue weighted by molar-refractivity contribution is -0.396. The van der Waals surface area contributed by atoms with Crippen LogP contribution in [0, 0.1) is 50.2 Å². The summed E-state index contributed by atoms with van der Waals surface area (Å²) in [6.07, 6.45) is -26.7. The number of hydrogen-bond donors (Lipinski definition) is 13. The van der Waals surface area contributed by atoms with E-state index in [9.17, 15) is 76.0 Å². The van der Waals surface area contributed by atoms with E-state index < -0.39 is 172 Å². The van der Waals surface area contributed by atoms with Crippen LogP contribution >= 0.6 is 0 Å². The number of fused-ring (bicyclic) bond motifs is 7. The zero-order chi connectivity index (χ0) is 57.9. The lowest BCUT2D eigenvalue weighted by Gasteiger charge is -2.71. The van der Waals surface area contributed by atoms with Gasteiger partial charge in [0.2, 0.25) is 6.29 Å². The van der Waals surface area contributed by atoms with Crippen LogP contribution in [0.2, 0.25) is 0 Å². The number of ether oxygens (including phenoxy) is 9. The molecule has 0 aromatic rings. The summed E-state index contributed by atoms with van der Waals surface area (Å²) in [5.41, 5.74) is -1.36. The van der Waals surface area contributed by atoms with Crippen LogP contribution in [0.1, 0.15) is 113 Å². The molecule has 28 atom stereocenters. The van der Waals surface area contributed by atoms with Crippen molar-refractivity contribution in [3.05, 3.63) is 11.6 Å². The quantitative estimate of drug-likeness (QED) is 0.0579. The number of aliphatic hydroxyl groups excluding tert-OH is 13. The van der Waals surface area contributed by atoms with Gasteiger partial charge in [-0.2, -0.15) is 0 Å². The monoisotopic (exact) mass is 1130 g/mol. The molecule has 9 aliphatic rings. The number of carbonyl (C=O) groups is 2. The average molecular weight is 1130 g/mol. The number of rotatable bonds is 12. The standard InChI is InChI=1S/C55H88O24/c1-50(2)15-17-55(49(70)79-46-40(68)35(63)32(60)26(21-57)73-46)18-16-53(6)23(24(55)19-50)9-10-29-52(5)13-12-30(51(3,4)28(52)11-14-54(29,53)7)75-48-43(38(66)37(65)41(76-48)44(69)71-8)78-47-42(36(64)33(61)27(22-58)74-47)77-45-39(67)34(62)31(59)25(20-56)72-45/h9,24-43,45-48,56-68H,10-22H2,1-8H3/t24?,25-,26-,27-,28?,29?,30+,31-,32-,33+,34+,35+,36+,37+,38+,39-,40-,41+,42-,43-,45+,46?,47?,48?,52+,53-,54-,55+/m1/s1. The summed E-state index contributed by atoms with van der Waals surface area (Å²) in [6.45, 7) is 13.4. The molecule has 4 heterocycles. The van der Waals surface area contributed by atoms with Crippen molar-refractivity contribution in [2.45, 2.75) is 242 Å². The zero-order valence-electron chi connectivity index (χ0n) is 46.4. The molecule has 24 nitrogen and oxygen atoms in total. The third-order valence-corrected chi connectivity index (χ3v) is 21.6. The number of methoxy groups -OCH3 is 1. The number of esters is 2. The molecular weight excluding hydrogens is 1040 g/mol. The van der Waals surface area contributed by atoms with Gasteiger partial charge in [-0.3, -0.25) is 4.79 Å². The van der Waals surface area contributed by atoms with Crippen LogP contribution in [0.4, 0.5) is 0 Å². The van der Waals surface area contributed by atoms with Crippen LogP contribution in [0.5, 0.6) is 0 Å². The van der Waals surface area contributed by atoms with Gasteiger partial charge in [0.15, 0.2) is 25.0 Å². The molecule has 4 saturated heterocycles. The normalized spacial score (nSPS) is 52.3. The lowest BCUT2D eigenvalue weighted by Crippen LogP contribution is -2.68. The summed E-state index contributed by atoms with van der Waals surface area (Å²) >= 11 is 0. The van der Waals surface area contributed by atoms with Gasteiger partial charge >= 0.3 is 11.9 Å². The molecule has 8 fully saturated rings. The number of allylic oxidation sites excluding steroid dienone is 2. The molecule has 0 spiro atoms. The first-order chi connectivity index (χ1) is 37.0. The van der Waals surface area contributed by atoms with E-state index in [0.717, 1.165) is 32.8 Å². The van der Waals surface area contributed by atoms with Crippen molar-refractivity contribution in [3.63, 3.8) is 0 Å². The Morgan fingerprint density at radius 1 is 0.557 bits per heavy atom. The molecule has 6 unspecified atom stereocenters.